The van der Waals surface area contributed by atoms with Crippen LogP contribution in [-0.4, -0.2) is 50.9 Å². The molecule has 1 saturated heterocycles. The fourth-order valence-electron chi connectivity index (χ4n) is 2.30. The van der Waals surface area contributed by atoms with Gasteiger partial charge in [0.25, 0.3) is 5.69 Å². The van der Waals surface area contributed by atoms with Crippen LogP contribution in [0.25, 0.3) is 0 Å². The molecule has 0 unspecified atom stereocenters. The summed E-state index contributed by atoms with van der Waals surface area (Å²) in [7, 11) is 1.41. The van der Waals surface area contributed by atoms with Gasteiger partial charge in [-0.05, 0) is 6.92 Å². The molecule has 8 heteroatoms. The maximum absolute atomic E-state index is 11.9. The van der Waals surface area contributed by atoms with E-state index in [-0.39, 0.29) is 23.6 Å². The van der Waals surface area contributed by atoms with Crippen LogP contribution in [0.15, 0.2) is 12.1 Å². The molecule has 0 aliphatic carbocycles. The Morgan fingerprint density at radius 2 is 2.09 bits per heavy atom. The molecule has 22 heavy (non-hydrogen) atoms. The molecule has 1 aromatic carbocycles. The normalized spacial score (nSPS) is 14.5. The molecule has 120 valence electrons. The monoisotopic (exact) mass is 310 g/mol. The fraction of sp³-hybridized carbons (Fsp3) is 0.500. The maximum atomic E-state index is 11.9. The number of rotatable bonds is 5. The van der Waals surface area contributed by atoms with Gasteiger partial charge in [0.2, 0.25) is 0 Å². The Hall–Kier alpha value is -2.35. The van der Waals surface area contributed by atoms with Crippen LogP contribution in [0, 0.1) is 10.1 Å². The summed E-state index contributed by atoms with van der Waals surface area (Å²) >= 11 is 0. The van der Waals surface area contributed by atoms with Crippen molar-refractivity contribution in [1.82, 2.24) is 0 Å². The lowest BCUT2D eigenvalue weighted by atomic mass is 10.1. The molecular formula is C14H18N2O6. The fourth-order valence-corrected chi connectivity index (χ4v) is 2.30. The summed E-state index contributed by atoms with van der Waals surface area (Å²) in [6.07, 6.45) is 0. The molecule has 0 aromatic heterocycles. The number of methoxy groups -OCH3 is 1. The Balaban J connectivity index is 2.49. The Kier molecular flexibility index (Phi) is 5.16. The summed E-state index contributed by atoms with van der Waals surface area (Å²) in [6, 6.07) is 2.72. The highest BCUT2D eigenvalue weighted by atomic mass is 16.6. The number of ether oxygens (including phenoxy) is 3. The van der Waals surface area contributed by atoms with Crippen LogP contribution in [0.2, 0.25) is 0 Å². The Labute approximate surface area is 127 Å². The van der Waals surface area contributed by atoms with E-state index in [9.17, 15) is 14.9 Å². The SMILES string of the molecule is CCOC(=O)c1cc([N+](=O)[O-])c(N2CCOCC2)cc1OC. The van der Waals surface area contributed by atoms with E-state index in [1.54, 1.807) is 6.92 Å². The van der Waals surface area contributed by atoms with Gasteiger partial charge in [0.15, 0.2) is 0 Å². The minimum atomic E-state index is -0.643. The molecule has 8 nitrogen and oxygen atoms in total. The van der Waals surface area contributed by atoms with Gasteiger partial charge >= 0.3 is 5.97 Å². The summed E-state index contributed by atoms with van der Waals surface area (Å²) in [4.78, 5) is 24.6. The van der Waals surface area contributed by atoms with E-state index in [2.05, 4.69) is 0 Å². The lowest BCUT2D eigenvalue weighted by Crippen LogP contribution is -2.36. The zero-order chi connectivity index (χ0) is 16.1. The molecule has 0 amide bonds. The summed E-state index contributed by atoms with van der Waals surface area (Å²) in [5, 5.41) is 11.4. The van der Waals surface area contributed by atoms with Crippen molar-refractivity contribution in [2.24, 2.45) is 0 Å². The van der Waals surface area contributed by atoms with Gasteiger partial charge in [-0.25, -0.2) is 4.79 Å². The van der Waals surface area contributed by atoms with Gasteiger partial charge in [-0.15, -0.1) is 0 Å². The molecule has 1 heterocycles. The first-order valence-corrected chi connectivity index (χ1v) is 6.94. The molecule has 1 aromatic rings. The molecule has 0 spiro atoms. The van der Waals surface area contributed by atoms with Crippen molar-refractivity contribution in [3.8, 4) is 5.75 Å². The number of carbonyl (C=O) groups is 1. The molecule has 2 rings (SSSR count). The minimum absolute atomic E-state index is 0.0491. The maximum Gasteiger partial charge on any atom is 0.342 e. The number of esters is 1. The van der Waals surface area contributed by atoms with Crippen LogP contribution < -0.4 is 9.64 Å². The van der Waals surface area contributed by atoms with Crippen molar-refractivity contribution < 1.29 is 23.9 Å². The first-order valence-electron chi connectivity index (χ1n) is 6.94. The lowest BCUT2D eigenvalue weighted by Gasteiger charge is -2.28. The van der Waals surface area contributed by atoms with E-state index in [0.717, 1.165) is 0 Å². The van der Waals surface area contributed by atoms with E-state index in [1.165, 1.54) is 19.2 Å². The first-order chi connectivity index (χ1) is 10.6. The van der Waals surface area contributed by atoms with E-state index in [1.807, 2.05) is 4.90 Å². The summed E-state index contributed by atoms with van der Waals surface area (Å²) in [6.45, 7) is 3.94. The van der Waals surface area contributed by atoms with Gasteiger partial charge < -0.3 is 19.1 Å². The van der Waals surface area contributed by atoms with Crippen molar-refractivity contribution in [3.63, 3.8) is 0 Å². The highest BCUT2D eigenvalue weighted by Crippen LogP contribution is 2.36. The average molecular weight is 310 g/mol. The van der Waals surface area contributed by atoms with Crippen molar-refractivity contribution in [2.45, 2.75) is 6.92 Å². The Bertz CT molecular complexity index is 569. The molecular weight excluding hydrogens is 292 g/mol. The van der Waals surface area contributed by atoms with Crippen molar-refractivity contribution in [2.75, 3.05) is 44.9 Å². The summed E-state index contributed by atoms with van der Waals surface area (Å²) in [5.74, 6) is -0.387. The van der Waals surface area contributed by atoms with Crippen LogP contribution >= 0.6 is 0 Å². The Morgan fingerprint density at radius 3 is 2.64 bits per heavy atom. The predicted molar refractivity (Wildman–Crippen MR) is 78.6 cm³/mol. The highest BCUT2D eigenvalue weighted by molar-refractivity contribution is 5.95. The number of anilines is 1. The van der Waals surface area contributed by atoms with Crippen LogP contribution in [0.1, 0.15) is 17.3 Å². The number of nitro groups is 1. The van der Waals surface area contributed by atoms with E-state index < -0.39 is 10.9 Å². The molecule has 1 aliphatic heterocycles. The largest absolute Gasteiger partial charge is 0.496 e. The first kappa shape index (κ1) is 16.0. The second-order valence-corrected chi connectivity index (χ2v) is 4.62. The number of hydrogen-bond donors (Lipinski definition) is 0. The number of benzene rings is 1. The molecule has 0 saturated carbocycles. The average Bonchev–Trinajstić information content (AvgIpc) is 2.54. The number of nitro benzene ring substituents is 1. The summed E-state index contributed by atoms with van der Waals surface area (Å²) in [5.41, 5.74) is 0.317. The molecule has 0 bridgehead atoms. The zero-order valence-electron chi connectivity index (χ0n) is 12.5. The molecule has 1 aliphatic rings. The van der Waals surface area contributed by atoms with Gasteiger partial charge in [-0.3, -0.25) is 10.1 Å². The van der Waals surface area contributed by atoms with Gasteiger partial charge in [0, 0.05) is 25.2 Å². The van der Waals surface area contributed by atoms with Gasteiger partial charge in [-0.2, -0.15) is 0 Å². The van der Waals surface area contributed by atoms with Crippen LogP contribution in [0.4, 0.5) is 11.4 Å². The van der Waals surface area contributed by atoms with Crippen LogP contribution in [0.5, 0.6) is 5.75 Å². The van der Waals surface area contributed by atoms with E-state index in [4.69, 9.17) is 14.2 Å². The molecule has 0 N–H and O–H groups in total. The van der Waals surface area contributed by atoms with Crippen LogP contribution in [-0.2, 0) is 9.47 Å². The van der Waals surface area contributed by atoms with Crippen LogP contribution in [0.3, 0.4) is 0 Å². The molecule has 0 atom stereocenters. The zero-order valence-corrected chi connectivity index (χ0v) is 12.5. The quantitative estimate of drug-likeness (QED) is 0.463. The van der Waals surface area contributed by atoms with Gasteiger partial charge in [0.05, 0.1) is 31.9 Å². The topological polar surface area (TPSA) is 91.1 Å². The third kappa shape index (κ3) is 3.28. The number of hydrogen-bond acceptors (Lipinski definition) is 7. The number of morpholine rings is 1. The van der Waals surface area contributed by atoms with E-state index >= 15 is 0 Å². The van der Waals surface area contributed by atoms with Gasteiger partial charge in [0.1, 0.15) is 17.0 Å². The highest BCUT2D eigenvalue weighted by Gasteiger charge is 2.27. The minimum Gasteiger partial charge on any atom is -0.496 e. The number of carbonyl (C=O) groups excluding carboxylic acids is 1. The van der Waals surface area contributed by atoms with E-state index in [0.29, 0.717) is 32.0 Å². The predicted octanol–water partition coefficient (Wildman–Crippen LogP) is 1.62. The van der Waals surface area contributed by atoms with Crippen molar-refractivity contribution >= 4 is 17.3 Å². The molecule has 1 fully saturated rings. The number of nitrogens with zero attached hydrogens (tertiary/aromatic N) is 2. The van der Waals surface area contributed by atoms with Gasteiger partial charge in [-0.1, -0.05) is 0 Å². The third-order valence-electron chi connectivity index (χ3n) is 3.34. The summed E-state index contributed by atoms with van der Waals surface area (Å²) < 4.78 is 15.4. The lowest BCUT2D eigenvalue weighted by molar-refractivity contribution is -0.384. The second kappa shape index (κ2) is 7.08. The Morgan fingerprint density at radius 1 is 1.41 bits per heavy atom. The second-order valence-electron chi connectivity index (χ2n) is 4.62. The third-order valence-corrected chi connectivity index (χ3v) is 3.34. The van der Waals surface area contributed by atoms with Crippen molar-refractivity contribution in [3.05, 3.63) is 27.8 Å². The smallest absolute Gasteiger partial charge is 0.342 e. The molecule has 0 radical (unpaired) electrons. The standard InChI is InChI=1S/C14H18N2O6/c1-3-22-14(17)10-8-12(16(18)19)11(9-13(10)20-2)15-4-6-21-7-5-15/h8-9H,3-7H2,1-2H3. The van der Waals surface area contributed by atoms with Crippen molar-refractivity contribution in [1.29, 1.82) is 0 Å².